The minimum absolute atomic E-state index is 0.0829. The number of nitrogens with zero attached hydrogens (tertiary/aromatic N) is 2. The van der Waals surface area contributed by atoms with E-state index in [0.717, 1.165) is 11.8 Å². The fourth-order valence-corrected chi connectivity index (χ4v) is 8.95. The average Bonchev–Trinajstić information content (AvgIpc) is 2.82. The Morgan fingerprint density at radius 3 is 2.02 bits per heavy atom. The van der Waals surface area contributed by atoms with Gasteiger partial charge in [-0.2, -0.15) is 0 Å². The van der Waals surface area contributed by atoms with Crippen LogP contribution in [0, 0.1) is 17.3 Å². The maximum atomic E-state index is 14.2. The van der Waals surface area contributed by atoms with E-state index < -0.39 is 58.8 Å². The van der Waals surface area contributed by atoms with Gasteiger partial charge in [0.25, 0.3) is 7.57 Å². The van der Waals surface area contributed by atoms with Gasteiger partial charge in [-0.25, -0.2) is 4.79 Å². The molecule has 237 valence electrons. The summed E-state index contributed by atoms with van der Waals surface area (Å²) in [7, 11) is -4.86. The Bertz CT molecular complexity index is 1110. The number of aromatic nitrogens is 1. The molecule has 1 amide bonds. The molecule has 3 atom stereocenters. The summed E-state index contributed by atoms with van der Waals surface area (Å²) in [6, 6.07) is 2.76. The van der Waals surface area contributed by atoms with E-state index >= 15 is 0 Å². The van der Waals surface area contributed by atoms with E-state index in [1.807, 2.05) is 33.9 Å². The van der Waals surface area contributed by atoms with Gasteiger partial charge in [0.05, 0.1) is 30.3 Å². The van der Waals surface area contributed by atoms with Gasteiger partial charge in [0, 0.05) is 30.3 Å². The van der Waals surface area contributed by atoms with Crippen LogP contribution in [0.25, 0.3) is 0 Å². The molecule has 1 N–H and O–H groups in total. The van der Waals surface area contributed by atoms with Crippen LogP contribution in [0.15, 0.2) is 29.4 Å². The van der Waals surface area contributed by atoms with Crippen molar-refractivity contribution in [2.45, 2.75) is 111 Å². The van der Waals surface area contributed by atoms with E-state index in [2.05, 4.69) is 4.98 Å². The second-order valence-corrected chi connectivity index (χ2v) is 17.7. The first-order chi connectivity index (χ1) is 19.4. The van der Waals surface area contributed by atoms with Crippen molar-refractivity contribution in [1.29, 1.82) is 0 Å². The SMILES string of the molecule is CC(C)OP(OC(C)C)(OC(C)C)=C(C(=O)O)N1C(=O)C(C(CO[Si](C)C)C(C)(C)C)C1CC(=O)Sc1cccnc1. The lowest BCUT2D eigenvalue weighted by atomic mass is 9.66. The molecule has 1 aromatic rings. The van der Waals surface area contributed by atoms with Gasteiger partial charge in [-0.1, -0.05) is 32.5 Å². The monoisotopic (exact) mass is 643 g/mol. The first kappa shape index (κ1) is 36.7. The summed E-state index contributed by atoms with van der Waals surface area (Å²) < 4.78 is 24.7. The summed E-state index contributed by atoms with van der Waals surface area (Å²) in [6.07, 6.45) is 1.73. The van der Waals surface area contributed by atoms with Crippen molar-refractivity contribution >= 4 is 50.8 Å². The van der Waals surface area contributed by atoms with Crippen molar-refractivity contribution in [3.05, 3.63) is 24.5 Å². The number of pyridine rings is 1. The molecular formula is C29H48N2O8PSSi. The van der Waals surface area contributed by atoms with Gasteiger partial charge < -0.3 is 23.1 Å². The zero-order valence-electron chi connectivity index (χ0n) is 26.7. The first-order valence-corrected chi connectivity index (χ1v) is 19.1. The van der Waals surface area contributed by atoms with Crippen molar-refractivity contribution in [2.24, 2.45) is 17.3 Å². The molecule has 0 spiro atoms. The Balaban J connectivity index is 2.76. The predicted molar refractivity (Wildman–Crippen MR) is 168 cm³/mol. The molecule has 1 fully saturated rings. The summed E-state index contributed by atoms with van der Waals surface area (Å²) >= 11 is 1.02. The molecule has 1 aromatic heterocycles. The van der Waals surface area contributed by atoms with Gasteiger partial charge >= 0.3 is 5.97 Å². The van der Waals surface area contributed by atoms with Crippen LogP contribution in [0.4, 0.5) is 0 Å². The number of carboxylic acid groups (broad SMARTS) is 1. The predicted octanol–water partition coefficient (Wildman–Crippen LogP) is 6.10. The van der Waals surface area contributed by atoms with Crippen LogP contribution in [0.3, 0.4) is 0 Å². The number of likely N-dealkylation sites (tertiary alicyclic amines) is 1. The minimum atomic E-state index is -3.80. The summed E-state index contributed by atoms with van der Waals surface area (Å²) in [6.45, 7) is 21.0. The Labute approximate surface area is 257 Å². The van der Waals surface area contributed by atoms with Gasteiger partial charge in [-0.3, -0.25) is 19.5 Å². The molecule has 0 saturated carbocycles. The third-order valence-corrected chi connectivity index (χ3v) is 11.0. The summed E-state index contributed by atoms with van der Waals surface area (Å²) in [5.41, 5.74) is -0.748. The topological polar surface area (TPSA) is 124 Å². The van der Waals surface area contributed by atoms with E-state index in [-0.39, 0.29) is 28.3 Å². The normalized spacial score (nSPS) is 18.6. The highest BCUT2D eigenvalue weighted by atomic mass is 32.2. The molecule has 42 heavy (non-hydrogen) atoms. The molecule has 1 aliphatic rings. The van der Waals surface area contributed by atoms with Crippen molar-refractivity contribution in [2.75, 3.05) is 6.61 Å². The third kappa shape index (κ3) is 9.74. The number of carboxylic acids is 1. The molecule has 13 heteroatoms. The highest BCUT2D eigenvalue weighted by Gasteiger charge is 2.59. The Kier molecular flexibility index (Phi) is 13.5. The Morgan fingerprint density at radius 2 is 1.62 bits per heavy atom. The minimum Gasteiger partial charge on any atom is -0.476 e. The largest absolute Gasteiger partial charge is 0.476 e. The molecule has 1 saturated heterocycles. The van der Waals surface area contributed by atoms with E-state index in [1.54, 1.807) is 66.1 Å². The maximum absolute atomic E-state index is 14.2. The molecule has 0 bridgehead atoms. The van der Waals surface area contributed by atoms with Crippen LogP contribution in [0.5, 0.6) is 0 Å². The highest BCUT2D eigenvalue weighted by molar-refractivity contribution is 8.13. The molecule has 1 radical (unpaired) electrons. The fourth-order valence-electron chi connectivity index (χ4n) is 4.80. The quantitative estimate of drug-likeness (QED) is 0.104. The molecular weight excluding hydrogens is 595 g/mol. The molecule has 0 aromatic carbocycles. The van der Waals surface area contributed by atoms with E-state index in [1.165, 1.54) is 4.90 Å². The summed E-state index contributed by atoms with van der Waals surface area (Å²) in [5, 5.41) is 10.5. The Hall–Kier alpha value is -1.53. The number of hydrogen-bond acceptors (Lipinski definition) is 9. The van der Waals surface area contributed by atoms with Crippen LogP contribution in [-0.2, 0) is 32.4 Å². The maximum Gasteiger partial charge on any atom is 0.359 e. The van der Waals surface area contributed by atoms with Crippen LogP contribution in [0.1, 0.15) is 68.7 Å². The first-order valence-electron chi connectivity index (χ1n) is 14.3. The van der Waals surface area contributed by atoms with E-state index in [0.29, 0.717) is 11.5 Å². The number of carbonyl (C=O) groups excluding carboxylic acids is 2. The third-order valence-electron chi connectivity index (χ3n) is 6.34. The Morgan fingerprint density at radius 1 is 1.07 bits per heavy atom. The molecule has 1 aliphatic heterocycles. The number of aliphatic carboxylic acids is 1. The number of rotatable bonds is 15. The van der Waals surface area contributed by atoms with Crippen molar-refractivity contribution in [1.82, 2.24) is 9.88 Å². The number of hydrogen-bond donors (Lipinski definition) is 1. The lowest BCUT2D eigenvalue weighted by Crippen LogP contribution is -2.68. The van der Waals surface area contributed by atoms with Gasteiger partial charge in [-0.05, 0) is 78.1 Å². The van der Waals surface area contributed by atoms with Gasteiger partial charge in [0.1, 0.15) is 0 Å². The molecule has 3 unspecified atom stereocenters. The van der Waals surface area contributed by atoms with Crippen molar-refractivity contribution in [3.8, 4) is 0 Å². The van der Waals surface area contributed by atoms with Crippen LogP contribution >= 0.6 is 19.3 Å². The highest BCUT2D eigenvalue weighted by Crippen LogP contribution is 2.58. The van der Waals surface area contributed by atoms with Crippen LogP contribution in [0.2, 0.25) is 13.1 Å². The van der Waals surface area contributed by atoms with Crippen molar-refractivity contribution < 1.29 is 37.5 Å². The second kappa shape index (κ2) is 15.5. The standard InChI is InChI=1S/C29H48N2O8PSSi/c1-18(2)37-40(38-19(3)4,39-20(5)6)27(28(34)35)31-23(15-24(32)41-21-13-12-14-30-16-21)25(26(31)33)22(29(7,8)9)17-36-42(10)11/h12-14,16,18-20,22-23,25H,15,17H2,1-11H3,(H,34,35). The average molecular weight is 644 g/mol. The zero-order valence-corrected chi connectivity index (χ0v) is 29.5. The number of β-lactam (4-membered cyclic amide) rings is 1. The van der Waals surface area contributed by atoms with Gasteiger partial charge in [-0.15, -0.1) is 0 Å². The van der Waals surface area contributed by atoms with E-state index in [9.17, 15) is 19.5 Å². The fraction of sp³-hybridized carbons (Fsp3) is 0.690. The van der Waals surface area contributed by atoms with Gasteiger partial charge in [0.15, 0.2) is 5.12 Å². The van der Waals surface area contributed by atoms with Crippen LogP contribution in [-0.4, -0.2) is 77.4 Å². The lowest BCUT2D eigenvalue weighted by Gasteiger charge is -2.53. The zero-order chi connectivity index (χ0) is 32.0. The smallest absolute Gasteiger partial charge is 0.359 e. The molecule has 2 rings (SSSR count). The molecule has 10 nitrogen and oxygen atoms in total. The molecule has 0 aliphatic carbocycles. The van der Waals surface area contributed by atoms with Crippen LogP contribution < -0.4 is 0 Å². The van der Waals surface area contributed by atoms with Gasteiger partial charge in [0.2, 0.25) is 20.4 Å². The number of amides is 1. The number of thioether (sulfide) groups is 1. The summed E-state index contributed by atoms with van der Waals surface area (Å²) in [4.78, 5) is 46.7. The van der Waals surface area contributed by atoms with Crippen molar-refractivity contribution in [3.63, 3.8) is 0 Å². The summed E-state index contributed by atoms with van der Waals surface area (Å²) in [5.74, 6) is -2.71. The second-order valence-electron chi connectivity index (χ2n) is 12.4. The lowest BCUT2D eigenvalue weighted by molar-refractivity contribution is -0.159. The number of carbonyl (C=O) groups is 3. The molecule has 2 heterocycles. The van der Waals surface area contributed by atoms with E-state index in [4.69, 9.17) is 18.0 Å².